The van der Waals surface area contributed by atoms with Gasteiger partial charge in [0.15, 0.2) is 0 Å². The van der Waals surface area contributed by atoms with Crippen molar-refractivity contribution in [2.24, 2.45) is 0 Å². The van der Waals surface area contributed by atoms with Crippen LogP contribution in [0.15, 0.2) is 36.5 Å². The van der Waals surface area contributed by atoms with Gasteiger partial charge in [-0.1, -0.05) is 11.6 Å². The van der Waals surface area contributed by atoms with Gasteiger partial charge in [0.25, 0.3) is 5.91 Å². The lowest BCUT2D eigenvalue weighted by atomic mass is 10.1. The Bertz CT molecular complexity index is 739. The zero-order chi connectivity index (χ0) is 15.7. The number of nitrogens with one attached hydrogen (secondary N) is 1. The van der Waals surface area contributed by atoms with Gasteiger partial charge in [0.2, 0.25) is 5.91 Å². The highest BCUT2D eigenvalue weighted by atomic mass is 35.5. The summed E-state index contributed by atoms with van der Waals surface area (Å²) in [5, 5.41) is 3.22. The molecule has 0 spiro atoms. The van der Waals surface area contributed by atoms with E-state index in [0.717, 1.165) is 11.4 Å². The van der Waals surface area contributed by atoms with Crippen LogP contribution in [0.4, 0.5) is 0 Å². The summed E-state index contributed by atoms with van der Waals surface area (Å²) in [6.45, 7) is 2.81. The van der Waals surface area contributed by atoms with Crippen molar-refractivity contribution in [3.8, 4) is 5.69 Å². The lowest BCUT2D eigenvalue weighted by Crippen LogP contribution is -2.39. The van der Waals surface area contributed by atoms with E-state index in [-0.39, 0.29) is 18.4 Å². The monoisotopic (exact) mass is 317 g/mol. The molecular formula is C16H16ClN3O2. The maximum Gasteiger partial charge on any atom is 0.256 e. The standard InChI is InChI=1S/C16H16ClN3O2/c1-2-18-15(21)10-19-9-12-4-3-7-20(12)14-6-5-11(17)8-13(14)16(19)22/h3-8H,2,9-10H2,1H3,(H,18,21). The summed E-state index contributed by atoms with van der Waals surface area (Å²) in [5.74, 6) is -0.355. The third kappa shape index (κ3) is 2.60. The van der Waals surface area contributed by atoms with Crippen molar-refractivity contribution in [1.29, 1.82) is 0 Å². The Kier molecular flexibility index (Phi) is 3.90. The molecule has 0 saturated heterocycles. The average molecular weight is 318 g/mol. The van der Waals surface area contributed by atoms with Crippen LogP contribution in [0.1, 0.15) is 23.0 Å². The van der Waals surface area contributed by atoms with Gasteiger partial charge in [0, 0.05) is 23.5 Å². The molecule has 1 N–H and O–H groups in total. The number of benzene rings is 1. The van der Waals surface area contributed by atoms with Gasteiger partial charge in [-0.05, 0) is 37.3 Å². The van der Waals surface area contributed by atoms with Crippen molar-refractivity contribution in [3.05, 3.63) is 52.8 Å². The highest BCUT2D eigenvalue weighted by Gasteiger charge is 2.27. The first-order chi connectivity index (χ1) is 10.6. The van der Waals surface area contributed by atoms with Gasteiger partial charge in [0.1, 0.15) is 6.54 Å². The van der Waals surface area contributed by atoms with Crippen LogP contribution < -0.4 is 5.32 Å². The lowest BCUT2D eigenvalue weighted by Gasteiger charge is -2.20. The number of hydrogen-bond acceptors (Lipinski definition) is 2. The van der Waals surface area contributed by atoms with Crippen molar-refractivity contribution in [3.63, 3.8) is 0 Å². The predicted molar refractivity (Wildman–Crippen MR) is 84.2 cm³/mol. The normalized spacial score (nSPS) is 13.4. The number of fused-ring (bicyclic) bond motifs is 3. The lowest BCUT2D eigenvalue weighted by molar-refractivity contribution is -0.121. The third-order valence-electron chi connectivity index (χ3n) is 3.63. The van der Waals surface area contributed by atoms with Crippen LogP contribution in [0, 0.1) is 0 Å². The van der Waals surface area contributed by atoms with Gasteiger partial charge in [-0.3, -0.25) is 9.59 Å². The molecule has 0 bridgehead atoms. The first-order valence-electron chi connectivity index (χ1n) is 7.12. The molecule has 3 rings (SSSR count). The Morgan fingerprint density at radius 3 is 2.95 bits per heavy atom. The molecule has 0 saturated carbocycles. The van der Waals surface area contributed by atoms with E-state index in [1.807, 2.05) is 35.9 Å². The maximum absolute atomic E-state index is 12.8. The molecule has 2 heterocycles. The number of carbonyl (C=O) groups excluding carboxylic acids is 2. The van der Waals surface area contributed by atoms with Crippen LogP contribution in [0.3, 0.4) is 0 Å². The Labute approximate surface area is 133 Å². The van der Waals surface area contributed by atoms with Crippen LogP contribution in [0.2, 0.25) is 5.02 Å². The topological polar surface area (TPSA) is 54.3 Å². The van der Waals surface area contributed by atoms with Gasteiger partial charge in [-0.25, -0.2) is 0 Å². The third-order valence-corrected chi connectivity index (χ3v) is 3.87. The van der Waals surface area contributed by atoms with Crippen molar-refractivity contribution in [2.75, 3.05) is 13.1 Å². The van der Waals surface area contributed by atoms with E-state index in [9.17, 15) is 9.59 Å². The number of aromatic nitrogens is 1. The molecule has 6 heteroatoms. The quantitative estimate of drug-likeness (QED) is 0.943. The summed E-state index contributed by atoms with van der Waals surface area (Å²) in [4.78, 5) is 26.2. The molecule has 114 valence electrons. The van der Waals surface area contributed by atoms with Crippen molar-refractivity contribution < 1.29 is 9.59 Å². The van der Waals surface area contributed by atoms with Gasteiger partial charge in [0.05, 0.1) is 17.8 Å². The number of likely N-dealkylation sites (N-methyl/N-ethyl adjacent to an activating group) is 1. The number of carbonyl (C=O) groups is 2. The Morgan fingerprint density at radius 1 is 1.36 bits per heavy atom. The fourth-order valence-corrected chi connectivity index (χ4v) is 2.83. The number of halogens is 1. The Balaban J connectivity index is 2.04. The van der Waals surface area contributed by atoms with E-state index >= 15 is 0 Å². The van der Waals surface area contributed by atoms with Crippen LogP contribution in [-0.2, 0) is 11.3 Å². The van der Waals surface area contributed by atoms with Gasteiger partial charge < -0.3 is 14.8 Å². The molecule has 2 amide bonds. The molecule has 0 radical (unpaired) electrons. The minimum Gasteiger partial charge on any atom is -0.355 e. The molecular weight excluding hydrogens is 302 g/mol. The second kappa shape index (κ2) is 5.85. The van der Waals surface area contributed by atoms with E-state index in [4.69, 9.17) is 11.6 Å². The Hall–Kier alpha value is -2.27. The number of hydrogen-bond donors (Lipinski definition) is 1. The minimum atomic E-state index is -0.188. The van der Waals surface area contributed by atoms with Crippen LogP contribution in [-0.4, -0.2) is 34.4 Å². The summed E-state index contributed by atoms with van der Waals surface area (Å²) < 4.78 is 1.96. The van der Waals surface area contributed by atoms with Crippen molar-refractivity contribution in [2.45, 2.75) is 13.5 Å². The Morgan fingerprint density at radius 2 is 2.18 bits per heavy atom. The molecule has 0 aliphatic carbocycles. The highest BCUT2D eigenvalue weighted by Crippen LogP contribution is 2.27. The molecule has 0 fully saturated rings. The summed E-state index contributed by atoms with van der Waals surface area (Å²) >= 11 is 6.04. The van der Waals surface area contributed by atoms with E-state index in [1.54, 1.807) is 17.0 Å². The maximum atomic E-state index is 12.8. The molecule has 1 aromatic carbocycles. The van der Waals surface area contributed by atoms with E-state index < -0.39 is 0 Å². The number of nitrogens with zero attached hydrogens (tertiary/aromatic N) is 2. The zero-order valence-electron chi connectivity index (χ0n) is 12.2. The molecule has 1 aliphatic rings. The molecule has 0 unspecified atom stereocenters. The minimum absolute atomic E-state index is 0.0316. The van der Waals surface area contributed by atoms with Gasteiger partial charge in [-0.2, -0.15) is 0 Å². The molecule has 1 aromatic heterocycles. The average Bonchev–Trinajstić information content (AvgIpc) is 2.90. The summed E-state index contributed by atoms with van der Waals surface area (Å²) in [6.07, 6.45) is 1.91. The predicted octanol–water partition coefficient (Wildman–Crippen LogP) is 2.22. The second-order valence-electron chi connectivity index (χ2n) is 5.15. The van der Waals surface area contributed by atoms with Crippen molar-refractivity contribution >= 4 is 23.4 Å². The zero-order valence-corrected chi connectivity index (χ0v) is 12.9. The summed E-state index contributed by atoms with van der Waals surface area (Å²) in [5.41, 5.74) is 2.25. The first kappa shape index (κ1) is 14.7. The van der Waals surface area contributed by atoms with Gasteiger partial charge >= 0.3 is 0 Å². The molecule has 5 nitrogen and oxygen atoms in total. The molecule has 0 atom stereocenters. The number of rotatable bonds is 3. The fourth-order valence-electron chi connectivity index (χ4n) is 2.66. The van der Waals surface area contributed by atoms with Gasteiger partial charge in [-0.15, -0.1) is 0 Å². The highest BCUT2D eigenvalue weighted by molar-refractivity contribution is 6.31. The molecule has 1 aliphatic heterocycles. The van der Waals surface area contributed by atoms with Crippen LogP contribution in [0.5, 0.6) is 0 Å². The van der Waals surface area contributed by atoms with Crippen LogP contribution >= 0.6 is 11.6 Å². The first-order valence-corrected chi connectivity index (χ1v) is 7.50. The smallest absolute Gasteiger partial charge is 0.256 e. The summed E-state index contributed by atoms with van der Waals surface area (Å²) in [6, 6.07) is 9.11. The second-order valence-corrected chi connectivity index (χ2v) is 5.58. The summed E-state index contributed by atoms with van der Waals surface area (Å²) in [7, 11) is 0. The number of amides is 2. The van der Waals surface area contributed by atoms with E-state index in [2.05, 4.69) is 5.32 Å². The fraction of sp³-hybridized carbons (Fsp3) is 0.250. The van der Waals surface area contributed by atoms with Crippen LogP contribution in [0.25, 0.3) is 5.69 Å². The largest absolute Gasteiger partial charge is 0.355 e. The van der Waals surface area contributed by atoms with Crippen molar-refractivity contribution in [1.82, 2.24) is 14.8 Å². The molecule has 22 heavy (non-hydrogen) atoms. The van der Waals surface area contributed by atoms with E-state index in [0.29, 0.717) is 23.7 Å². The van der Waals surface area contributed by atoms with E-state index in [1.165, 1.54) is 0 Å². The molecule has 2 aromatic rings. The SMILES string of the molecule is CCNC(=O)CN1Cc2cccn2-c2ccc(Cl)cc2C1=O.